The molecule has 0 unspecified atom stereocenters. The van der Waals surface area contributed by atoms with Gasteiger partial charge in [-0.2, -0.15) is 0 Å². The number of rotatable bonds is 1. The summed E-state index contributed by atoms with van der Waals surface area (Å²) in [7, 11) is 0. The third-order valence-corrected chi connectivity index (χ3v) is 2.54. The molecule has 0 radical (unpaired) electrons. The molecule has 2 aromatic carbocycles. The summed E-state index contributed by atoms with van der Waals surface area (Å²) < 4.78 is 0. The van der Waals surface area contributed by atoms with Crippen LogP contribution in [0, 0.1) is 0 Å². The normalized spacial score (nSPS) is 10.0. The maximum absolute atomic E-state index is 4.28. The molecule has 80 valence electrons. The van der Waals surface area contributed by atoms with E-state index < -0.39 is 0 Å². The molecule has 0 saturated carbocycles. The number of aromatic amines is 1. The molecule has 0 aliphatic heterocycles. The summed E-state index contributed by atoms with van der Waals surface area (Å²) in [5.74, 6) is 0.923. The summed E-state index contributed by atoms with van der Waals surface area (Å²) in [6.07, 6.45) is 3.62. The Hall–Kier alpha value is -1.80. The van der Waals surface area contributed by atoms with Gasteiger partial charge < -0.3 is 4.98 Å². The smallest absolute Gasteiger partial charge is 0.137 e. The lowest BCUT2D eigenvalue weighted by molar-refractivity contribution is 1.32. The molecule has 1 heterocycles. The molecule has 0 bridgehead atoms. The predicted molar refractivity (Wildman–Crippen MR) is 68.8 cm³/mol. The molecule has 16 heavy (non-hydrogen) atoms. The van der Waals surface area contributed by atoms with Crippen LogP contribution < -0.4 is 0 Å². The highest BCUT2D eigenvalue weighted by atomic mass is 35.5. The highest BCUT2D eigenvalue weighted by Crippen LogP contribution is 2.25. The molecular formula is C13H11ClN2. The van der Waals surface area contributed by atoms with Gasteiger partial charge in [-0.25, -0.2) is 4.98 Å². The van der Waals surface area contributed by atoms with E-state index in [1.165, 1.54) is 10.8 Å². The topological polar surface area (TPSA) is 28.7 Å². The summed E-state index contributed by atoms with van der Waals surface area (Å²) in [6.45, 7) is 0. The van der Waals surface area contributed by atoms with Crippen LogP contribution in [0.3, 0.4) is 0 Å². The average molecular weight is 231 g/mol. The molecule has 0 aliphatic carbocycles. The molecule has 1 aromatic heterocycles. The zero-order valence-corrected chi connectivity index (χ0v) is 9.37. The van der Waals surface area contributed by atoms with E-state index in [9.17, 15) is 0 Å². The van der Waals surface area contributed by atoms with Crippen molar-refractivity contribution in [2.45, 2.75) is 0 Å². The molecule has 0 fully saturated rings. The minimum Gasteiger partial charge on any atom is -0.345 e. The van der Waals surface area contributed by atoms with Crippen molar-refractivity contribution in [3.05, 3.63) is 54.9 Å². The lowest BCUT2D eigenvalue weighted by atomic mass is 10.0. The van der Waals surface area contributed by atoms with Crippen molar-refractivity contribution in [1.82, 2.24) is 9.97 Å². The van der Waals surface area contributed by atoms with E-state index in [4.69, 9.17) is 0 Å². The molecule has 0 aliphatic rings. The maximum atomic E-state index is 4.28. The van der Waals surface area contributed by atoms with Crippen molar-refractivity contribution in [1.29, 1.82) is 0 Å². The second kappa shape index (κ2) is 4.37. The summed E-state index contributed by atoms with van der Waals surface area (Å²) in [5, 5.41) is 2.47. The fourth-order valence-corrected chi connectivity index (χ4v) is 1.84. The molecular weight excluding hydrogens is 220 g/mol. The maximum Gasteiger partial charge on any atom is 0.137 e. The van der Waals surface area contributed by atoms with Crippen LogP contribution in [0.15, 0.2) is 54.9 Å². The van der Waals surface area contributed by atoms with E-state index >= 15 is 0 Å². The highest BCUT2D eigenvalue weighted by molar-refractivity contribution is 5.94. The Morgan fingerprint density at radius 3 is 2.56 bits per heavy atom. The van der Waals surface area contributed by atoms with Crippen LogP contribution in [-0.2, 0) is 0 Å². The predicted octanol–water partition coefficient (Wildman–Crippen LogP) is 3.65. The van der Waals surface area contributed by atoms with E-state index in [0.29, 0.717) is 0 Å². The van der Waals surface area contributed by atoms with Crippen LogP contribution in [-0.4, -0.2) is 9.97 Å². The van der Waals surface area contributed by atoms with Crippen molar-refractivity contribution >= 4 is 23.2 Å². The number of hydrogen-bond donors (Lipinski definition) is 1. The van der Waals surface area contributed by atoms with Gasteiger partial charge in [0.05, 0.1) is 0 Å². The molecule has 3 rings (SSSR count). The van der Waals surface area contributed by atoms with Crippen LogP contribution in [0.2, 0.25) is 0 Å². The SMILES string of the molecule is Cl.c1ccc2c(-c3ncc[nH]3)cccc2c1. The van der Waals surface area contributed by atoms with Gasteiger partial charge in [0.25, 0.3) is 0 Å². The number of halogens is 1. The first-order valence-electron chi connectivity index (χ1n) is 4.93. The number of hydrogen-bond acceptors (Lipinski definition) is 1. The second-order valence-electron chi connectivity index (χ2n) is 3.46. The lowest BCUT2D eigenvalue weighted by Crippen LogP contribution is -1.82. The molecule has 0 spiro atoms. The minimum atomic E-state index is 0. The van der Waals surface area contributed by atoms with Gasteiger partial charge in [0.1, 0.15) is 5.82 Å². The van der Waals surface area contributed by atoms with Crippen molar-refractivity contribution < 1.29 is 0 Å². The number of nitrogens with one attached hydrogen (secondary N) is 1. The average Bonchev–Trinajstić information content (AvgIpc) is 2.82. The quantitative estimate of drug-likeness (QED) is 0.679. The summed E-state index contributed by atoms with van der Waals surface area (Å²) in [6, 6.07) is 14.6. The number of imidazole rings is 1. The Balaban J connectivity index is 0.000000963. The van der Waals surface area contributed by atoms with E-state index in [-0.39, 0.29) is 12.4 Å². The number of benzene rings is 2. The highest BCUT2D eigenvalue weighted by Gasteiger charge is 2.03. The molecule has 0 atom stereocenters. The second-order valence-corrected chi connectivity index (χ2v) is 3.46. The molecule has 3 heteroatoms. The first-order chi connectivity index (χ1) is 7.45. The van der Waals surface area contributed by atoms with Gasteiger partial charge in [0, 0.05) is 18.0 Å². The Morgan fingerprint density at radius 2 is 1.75 bits per heavy atom. The number of H-pyrrole nitrogens is 1. The molecule has 0 amide bonds. The Labute approximate surface area is 99.8 Å². The lowest BCUT2D eigenvalue weighted by Gasteiger charge is -2.02. The van der Waals surface area contributed by atoms with Crippen molar-refractivity contribution in [3.63, 3.8) is 0 Å². The first kappa shape index (κ1) is 10.7. The zero-order chi connectivity index (χ0) is 10.1. The van der Waals surface area contributed by atoms with Crippen molar-refractivity contribution in [2.75, 3.05) is 0 Å². The van der Waals surface area contributed by atoms with Gasteiger partial charge in [-0.05, 0) is 10.8 Å². The van der Waals surface area contributed by atoms with Gasteiger partial charge in [0.15, 0.2) is 0 Å². The Morgan fingerprint density at radius 1 is 0.938 bits per heavy atom. The standard InChI is InChI=1S/C13H10N2.ClH/c1-2-6-11-10(4-1)5-3-7-12(11)13-14-8-9-15-13;/h1-9H,(H,14,15);1H. The fourth-order valence-electron chi connectivity index (χ4n) is 1.84. The van der Waals surface area contributed by atoms with E-state index in [2.05, 4.69) is 46.4 Å². The number of aromatic nitrogens is 2. The van der Waals surface area contributed by atoms with Crippen LogP contribution >= 0.6 is 12.4 Å². The van der Waals surface area contributed by atoms with Gasteiger partial charge in [-0.1, -0.05) is 42.5 Å². The Bertz CT molecular complexity index is 582. The van der Waals surface area contributed by atoms with Gasteiger partial charge >= 0.3 is 0 Å². The van der Waals surface area contributed by atoms with E-state index in [0.717, 1.165) is 11.4 Å². The van der Waals surface area contributed by atoms with E-state index in [1.54, 1.807) is 6.20 Å². The molecule has 0 saturated heterocycles. The number of nitrogens with zero attached hydrogens (tertiary/aromatic N) is 1. The summed E-state index contributed by atoms with van der Waals surface area (Å²) >= 11 is 0. The van der Waals surface area contributed by atoms with Gasteiger partial charge in [-0.3, -0.25) is 0 Å². The van der Waals surface area contributed by atoms with Crippen LogP contribution in [0.25, 0.3) is 22.2 Å². The monoisotopic (exact) mass is 230 g/mol. The van der Waals surface area contributed by atoms with Gasteiger partial charge in [0.2, 0.25) is 0 Å². The fraction of sp³-hybridized carbons (Fsp3) is 0. The Kier molecular flexibility index (Phi) is 2.93. The zero-order valence-electron chi connectivity index (χ0n) is 8.55. The van der Waals surface area contributed by atoms with E-state index in [1.807, 2.05) is 12.3 Å². The third-order valence-electron chi connectivity index (χ3n) is 2.54. The van der Waals surface area contributed by atoms with Crippen molar-refractivity contribution in [3.8, 4) is 11.4 Å². The van der Waals surface area contributed by atoms with Crippen LogP contribution in [0.5, 0.6) is 0 Å². The minimum absolute atomic E-state index is 0. The largest absolute Gasteiger partial charge is 0.345 e. The first-order valence-corrected chi connectivity index (χ1v) is 4.93. The third kappa shape index (κ3) is 1.68. The van der Waals surface area contributed by atoms with Crippen LogP contribution in [0.1, 0.15) is 0 Å². The summed E-state index contributed by atoms with van der Waals surface area (Å²) in [5.41, 5.74) is 1.15. The molecule has 3 aromatic rings. The molecule has 2 nitrogen and oxygen atoms in total. The molecule has 1 N–H and O–H groups in total. The summed E-state index contributed by atoms with van der Waals surface area (Å²) in [4.78, 5) is 7.42. The van der Waals surface area contributed by atoms with Crippen molar-refractivity contribution in [2.24, 2.45) is 0 Å². The van der Waals surface area contributed by atoms with Crippen LogP contribution in [0.4, 0.5) is 0 Å². The number of fused-ring (bicyclic) bond motifs is 1. The van der Waals surface area contributed by atoms with Gasteiger partial charge in [-0.15, -0.1) is 12.4 Å².